The van der Waals surface area contributed by atoms with Gasteiger partial charge >= 0.3 is 0 Å². The van der Waals surface area contributed by atoms with Crippen LogP contribution >= 0.6 is 0 Å². The molecule has 0 atom stereocenters. The summed E-state index contributed by atoms with van der Waals surface area (Å²) in [6.45, 7) is 7.49. The summed E-state index contributed by atoms with van der Waals surface area (Å²) >= 11 is 0. The molecule has 0 unspecified atom stereocenters. The highest BCUT2D eigenvalue weighted by molar-refractivity contribution is 7.93. The second kappa shape index (κ2) is 9.61. The second-order valence-electron chi connectivity index (χ2n) is 8.84. The van der Waals surface area contributed by atoms with E-state index >= 15 is 0 Å². The Morgan fingerprint density at radius 3 is 2.34 bits per heavy atom. The van der Waals surface area contributed by atoms with Gasteiger partial charge in [-0.25, -0.2) is 8.42 Å². The Labute approximate surface area is 176 Å². The van der Waals surface area contributed by atoms with E-state index in [1.165, 1.54) is 25.7 Å². The summed E-state index contributed by atoms with van der Waals surface area (Å²) in [5.41, 5.74) is 1.62. The van der Waals surface area contributed by atoms with E-state index < -0.39 is 14.6 Å². The van der Waals surface area contributed by atoms with Crippen molar-refractivity contribution >= 4 is 15.7 Å². The molecule has 1 N–H and O–H groups in total. The van der Waals surface area contributed by atoms with E-state index in [-0.39, 0.29) is 5.91 Å². The molecule has 1 aliphatic carbocycles. The highest BCUT2D eigenvalue weighted by Gasteiger charge is 2.53. The number of carbonyl (C=O) groups is 1. The molecule has 0 radical (unpaired) electrons. The van der Waals surface area contributed by atoms with Gasteiger partial charge in [-0.15, -0.1) is 0 Å². The third-order valence-corrected chi connectivity index (χ3v) is 9.25. The van der Waals surface area contributed by atoms with Gasteiger partial charge in [0.2, 0.25) is 5.91 Å². The molecule has 2 aliphatic rings. The summed E-state index contributed by atoms with van der Waals surface area (Å²) in [5, 5.41) is 2.99. The second-order valence-corrected chi connectivity index (χ2v) is 11.1. The number of aryl methyl sites for hydroxylation is 2. The zero-order chi connectivity index (χ0) is 20.9. The number of sulfone groups is 1. The van der Waals surface area contributed by atoms with E-state index in [9.17, 15) is 13.2 Å². The Kier molecular flexibility index (Phi) is 7.38. The number of amides is 1. The predicted octanol–water partition coefficient (Wildman–Crippen LogP) is 3.77. The lowest BCUT2D eigenvalue weighted by molar-refractivity contribution is -0.123. The van der Waals surface area contributed by atoms with Crippen molar-refractivity contribution in [1.82, 2.24) is 10.2 Å². The highest BCUT2D eigenvalue weighted by Crippen LogP contribution is 2.41. The smallest absolute Gasteiger partial charge is 0.241 e. The number of nitrogens with zero attached hydrogens (tertiary/aromatic N) is 1. The average Bonchev–Trinajstić information content (AvgIpc) is 3.07. The summed E-state index contributed by atoms with van der Waals surface area (Å²) in [4.78, 5) is 16.0. The molecule has 1 aliphatic heterocycles. The quantitative estimate of drug-likeness (QED) is 0.682. The standard InChI is InChI=1S/C23H36N2O3S/c1-19-10-11-20(2)21(18-19)29(27,28)23(12-5-6-13-23)22(26)24-14-9-17-25-15-7-3-4-8-16-25/h10-11,18H,3-9,12-17H2,1-2H3,(H,24,26). The molecule has 2 fully saturated rings. The van der Waals surface area contributed by atoms with Gasteiger partial charge in [0.15, 0.2) is 14.6 Å². The van der Waals surface area contributed by atoms with Gasteiger partial charge in [0, 0.05) is 6.54 Å². The van der Waals surface area contributed by atoms with Crippen LogP contribution in [0.4, 0.5) is 0 Å². The SMILES string of the molecule is Cc1ccc(C)c(S(=O)(=O)C2(C(=O)NCCCN3CCCCCC3)CCCC2)c1. The highest BCUT2D eigenvalue weighted by atomic mass is 32.2. The minimum atomic E-state index is -3.74. The zero-order valence-electron chi connectivity index (χ0n) is 18.0. The van der Waals surface area contributed by atoms with Gasteiger partial charge in [-0.05, 0) is 82.8 Å². The number of likely N-dealkylation sites (tertiary alicyclic amines) is 1. The lowest BCUT2D eigenvalue weighted by atomic mass is 10.1. The maximum Gasteiger partial charge on any atom is 0.241 e. The van der Waals surface area contributed by atoms with Crippen molar-refractivity contribution in [2.75, 3.05) is 26.2 Å². The molecule has 1 aromatic carbocycles. The first-order valence-corrected chi connectivity index (χ1v) is 12.7. The average molecular weight is 421 g/mol. The lowest BCUT2D eigenvalue weighted by Crippen LogP contribution is -2.51. The minimum absolute atomic E-state index is 0.299. The lowest BCUT2D eigenvalue weighted by Gasteiger charge is -2.29. The van der Waals surface area contributed by atoms with E-state index in [1.807, 2.05) is 26.0 Å². The van der Waals surface area contributed by atoms with Crippen LogP contribution in [0.5, 0.6) is 0 Å². The number of rotatable bonds is 7. The molecule has 0 aromatic heterocycles. The molecule has 0 bridgehead atoms. The van der Waals surface area contributed by atoms with E-state index in [1.54, 1.807) is 6.07 Å². The van der Waals surface area contributed by atoms with Crippen molar-refractivity contribution in [2.45, 2.75) is 81.3 Å². The van der Waals surface area contributed by atoms with Crippen molar-refractivity contribution in [3.8, 4) is 0 Å². The van der Waals surface area contributed by atoms with Gasteiger partial charge in [0.1, 0.15) is 0 Å². The minimum Gasteiger partial charge on any atom is -0.355 e. The van der Waals surface area contributed by atoms with Gasteiger partial charge in [0.05, 0.1) is 4.90 Å². The third kappa shape index (κ3) is 4.85. The molecule has 1 saturated carbocycles. The van der Waals surface area contributed by atoms with Crippen molar-refractivity contribution in [1.29, 1.82) is 0 Å². The fraction of sp³-hybridized carbons (Fsp3) is 0.696. The first-order chi connectivity index (χ1) is 13.9. The predicted molar refractivity (Wildman–Crippen MR) is 117 cm³/mol. The van der Waals surface area contributed by atoms with E-state index in [2.05, 4.69) is 10.2 Å². The normalized spacial score (nSPS) is 20.3. The van der Waals surface area contributed by atoms with Crippen LogP contribution in [-0.2, 0) is 14.6 Å². The van der Waals surface area contributed by atoms with Gasteiger partial charge in [-0.2, -0.15) is 0 Å². The fourth-order valence-electron chi connectivity index (χ4n) is 4.80. The number of benzene rings is 1. The summed E-state index contributed by atoms with van der Waals surface area (Å²) in [5.74, 6) is -0.299. The molecule has 29 heavy (non-hydrogen) atoms. The largest absolute Gasteiger partial charge is 0.355 e. The van der Waals surface area contributed by atoms with Crippen LogP contribution in [0.1, 0.15) is 68.9 Å². The van der Waals surface area contributed by atoms with Crippen LogP contribution in [0.3, 0.4) is 0 Å². The molecule has 5 nitrogen and oxygen atoms in total. The van der Waals surface area contributed by atoms with E-state index in [0.29, 0.717) is 24.3 Å². The third-order valence-electron chi connectivity index (χ3n) is 6.61. The van der Waals surface area contributed by atoms with Crippen LogP contribution in [0.25, 0.3) is 0 Å². The number of carbonyl (C=O) groups excluding carboxylic acids is 1. The molecule has 1 saturated heterocycles. The monoisotopic (exact) mass is 420 g/mol. The van der Waals surface area contributed by atoms with Gasteiger partial charge in [0.25, 0.3) is 0 Å². The first-order valence-electron chi connectivity index (χ1n) is 11.2. The van der Waals surface area contributed by atoms with Crippen LogP contribution < -0.4 is 5.32 Å². The molecule has 1 amide bonds. The molecular formula is C23H36N2O3S. The van der Waals surface area contributed by atoms with Gasteiger partial charge in [-0.1, -0.05) is 37.8 Å². The van der Waals surface area contributed by atoms with Crippen molar-refractivity contribution in [3.05, 3.63) is 29.3 Å². The molecule has 1 aromatic rings. The van der Waals surface area contributed by atoms with Crippen LogP contribution in [0, 0.1) is 13.8 Å². The number of hydrogen-bond acceptors (Lipinski definition) is 4. The maximum absolute atomic E-state index is 13.6. The fourth-order valence-corrected chi connectivity index (χ4v) is 7.19. The maximum atomic E-state index is 13.6. The Morgan fingerprint density at radius 2 is 1.69 bits per heavy atom. The summed E-state index contributed by atoms with van der Waals surface area (Å²) in [6, 6.07) is 5.47. The van der Waals surface area contributed by atoms with E-state index in [4.69, 9.17) is 0 Å². The van der Waals surface area contributed by atoms with Crippen LogP contribution in [0.15, 0.2) is 23.1 Å². The molecule has 0 spiro atoms. The Bertz CT molecular complexity index is 805. The summed E-state index contributed by atoms with van der Waals surface area (Å²) < 4.78 is 25.9. The molecule has 3 rings (SSSR count). The number of nitrogens with one attached hydrogen (secondary N) is 1. The molecule has 162 valence electrons. The van der Waals surface area contributed by atoms with Crippen molar-refractivity contribution in [3.63, 3.8) is 0 Å². The molecule has 6 heteroatoms. The molecule has 1 heterocycles. The Balaban J connectivity index is 1.67. The first kappa shape index (κ1) is 22.3. The Morgan fingerprint density at radius 1 is 1.03 bits per heavy atom. The van der Waals surface area contributed by atoms with E-state index in [0.717, 1.165) is 50.0 Å². The van der Waals surface area contributed by atoms with Gasteiger partial charge < -0.3 is 10.2 Å². The zero-order valence-corrected chi connectivity index (χ0v) is 18.8. The number of hydrogen-bond donors (Lipinski definition) is 1. The van der Waals surface area contributed by atoms with Gasteiger partial charge in [-0.3, -0.25) is 4.79 Å². The van der Waals surface area contributed by atoms with Crippen molar-refractivity contribution in [2.24, 2.45) is 0 Å². The Hall–Kier alpha value is -1.40. The summed E-state index contributed by atoms with van der Waals surface area (Å²) in [7, 11) is -3.74. The topological polar surface area (TPSA) is 66.5 Å². The summed E-state index contributed by atoms with van der Waals surface area (Å²) in [6.07, 6.45) is 8.40. The van der Waals surface area contributed by atoms with Crippen LogP contribution in [0.2, 0.25) is 0 Å². The molecular weight excluding hydrogens is 384 g/mol. The van der Waals surface area contributed by atoms with Crippen LogP contribution in [-0.4, -0.2) is 50.2 Å². The van der Waals surface area contributed by atoms with Crippen molar-refractivity contribution < 1.29 is 13.2 Å².